The molecule has 2 aromatic heterocycles. The van der Waals surface area contributed by atoms with Crippen LogP contribution < -0.4 is 14.8 Å². The van der Waals surface area contributed by atoms with Gasteiger partial charge in [0.15, 0.2) is 5.69 Å². The van der Waals surface area contributed by atoms with Crippen LogP contribution in [0.4, 0.5) is 4.39 Å². The molecule has 1 N–H and O–H groups in total. The van der Waals surface area contributed by atoms with Crippen molar-refractivity contribution in [2.45, 2.75) is 25.4 Å². The summed E-state index contributed by atoms with van der Waals surface area (Å²) in [6.07, 6.45) is 1.50. The van der Waals surface area contributed by atoms with E-state index in [0.29, 0.717) is 28.2 Å². The van der Waals surface area contributed by atoms with E-state index >= 15 is 4.39 Å². The van der Waals surface area contributed by atoms with Gasteiger partial charge in [-0.2, -0.15) is 10.2 Å². The van der Waals surface area contributed by atoms with E-state index in [1.165, 1.54) is 26.5 Å². The van der Waals surface area contributed by atoms with Crippen LogP contribution >= 0.6 is 11.6 Å². The van der Waals surface area contributed by atoms with Gasteiger partial charge in [-0.05, 0) is 37.6 Å². The second-order valence-electron chi connectivity index (χ2n) is 8.87. The van der Waals surface area contributed by atoms with Crippen LogP contribution in [0.3, 0.4) is 0 Å². The summed E-state index contributed by atoms with van der Waals surface area (Å²) in [6.45, 7) is 3.84. The van der Waals surface area contributed by atoms with Crippen molar-refractivity contribution in [2.24, 2.45) is 0 Å². The summed E-state index contributed by atoms with van der Waals surface area (Å²) < 4.78 is 28.2. The standard InChI is InChI=1S/C27H22ClFN6O3/c1-14(2)35-22-21(32-23(35)17-13-31-26(38-4)33-25(17)37-3)24(36)34-27(22,16-10-8-15(12-30)9-11-16)18-6-5-7-19(28)20(18)29/h5-11,13-14H,1-4H3,(H,34,36)/t27-/m1/s1. The molecule has 1 amide bonds. The monoisotopic (exact) mass is 532 g/mol. The van der Waals surface area contributed by atoms with Crippen LogP contribution in [0, 0.1) is 17.1 Å². The van der Waals surface area contributed by atoms with Gasteiger partial charge in [0.25, 0.3) is 5.91 Å². The zero-order chi connectivity index (χ0) is 27.2. The normalized spacial score (nSPS) is 16.2. The second kappa shape index (κ2) is 9.43. The number of fused-ring (bicyclic) bond motifs is 1. The molecule has 0 radical (unpaired) electrons. The summed E-state index contributed by atoms with van der Waals surface area (Å²) in [5, 5.41) is 12.2. The second-order valence-corrected chi connectivity index (χ2v) is 9.28. The van der Waals surface area contributed by atoms with Gasteiger partial charge in [0, 0.05) is 17.8 Å². The number of hydrogen-bond acceptors (Lipinski definition) is 7. The van der Waals surface area contributed by atoms with Gasteiger partial charge >= 0.3 is 6.01 Å². The number of amides is 1. The predicted molar refractivity (Wildman–Crippen MR) is 137 cm³/mol. The molecule has 0 bridgehead atoms. The van der Waals surface area contributed by atoms with Crippen LogP contribution in [-0.4, -0.2) is 39.6 Å². The summed E-state index contributed by atoms with van der Waals surface area (Å²) in [6, 6.07) is 13.2. The fraction of sp³-hybridized carbons (Fsp3) is 0.222. The summed E-state index contributed by atoms with van der Waals surface area (Å²) in [5.41, 5.74) is 0.504. The van der Waals surface area contributed by atoms with Crippen LogP contribution in [0.15, 0.2) is 48.7 Å². The fourth-order valence-corrected chi connectivity index (χ4v) is 5.01. The minimum Gasteiger partial charge on any atom is -0.480 e. The first-order valence-electron chi connectivity index (χ1n) is 11.6. The van der Waals surface area contributed by atoms with E-state index in [2.05, 4.69) is 21.4 Å². The highest BCUT2D eigenvalue weighted by molar-refractivity contribution is 6.30. The molecule has 0 saturated carbocycles. The van der Waals surface area contributed by atoms with Crippen molar-refractivity contribution in [3.05, 3.63) is 87.6 Å². The lowest BCUT2D eigenvalue weighted by atomic mass is 9.80. The van der Waals surface area contributed by atoms with E-state index < -0.39 is 17.3 Å². The van der Waals surface area contributed by atoms with Gasteiger partial charge < -0.3 is 19.4 Å². The third-order valence-electron chi connectivity index (χ3n) is 6.45. The number of aromatic nitrogens is 4. The molecule has 0 unspecified atom stereocenters. The number of methoxy groups -OCH3 is 2. The number of imidazole rings is 1. The van der Waals surface area contributed by atoms with Gasteiger partial charge in [0.05, 0.1) is 42.1 Å². The molecular weight excluding hydrogens is 511 g/mol. The van der Waals surface area contributed by atoms with E-state index in [0.717, 1.165) is 0 Å². The summed E-state index contributed by atoms with van der Waals surface area (Å²) in [4.78, 5) is 26.7. The number of carbonyl (C=O) groups excluding carboxylic acids is 1. The van der Waals surface area contributed by atoms with E-state index in [-0.39, 0.29) is 34.2 Å². The highest BCUT2D eigenvalue weighted by Gasteiger charge is 2.52. The SMILES string of the molecule is COc1ncc(-c2nc3c(n2C(C)C)[C@@](c2ccc(C#N)cc2)(c2cccc(Cl)c2F)NC3=O)c(OC)n1. The highest BCUT2D eigenvalue weighted by atomic mass is 35.5. The van der Waals surface area contributed by atoms with Gasteiger partial charge in [0.1, 0.15) is 17.2 Å². The number of benzene rings is 2. The van der Waals surface area contributed by atoms with Crippen molar-refractivity contribution in [3.8, 4) is 29.3 Å². The molecule has 3 heterocycles. The Balaban J connectivity index is 1.89. The van der Waals surface area contributed by atoms with Gasteiger partial charge in [-0.25, -0.2) is 14.4 Å². The summed E-state index contributed by atoms with van der Waals surface area (Å²) in [7, 11) is 2.89. The number of carbonyl (C=O) groups is 1. The third-order valence-corrected chi connectivity index (χ3v) is 6.74. The van der Waals surface area contributed by atoms with Crippen LogP contribution in [-0.2, 0) is 5.54 Å². The molecule has 9 nitrogen and oxygen atoms in total. The van der Waals surface area contributed by atoms with Crippen molar-refractivity contribution < 1.29 is 18.7 Å². The first-order valence-corrected chi connectivity index (χ1v) is 12.0. The van der Waals surface area contributed by atoms with Crippen LogP contribution in [0.1, 0.15) is 52.8 Å². The van der Waals surface area contributed by atoms with Crippen LogP contribution in [0.2, 0.25) is 5.02 Å². The zero-order valence-corrected chi connectivity index (χ0v) is 21.7. The number of rotatable bonds is 6. The number of nitriles is 1. The van der Waals surface area contributed by atoms with Crippen molar-refractivity contribution in [1.29, 1.82) is 5.26 Å². The Bertz CT molecular complexity index is 1610. The molecule has 5 rings (SSSR count). The fourth-order valence-electron chi connectivity index (χ4n) is 4.84. The number of halogens is 2. The molecule has 4 aromatic rings. The van der Waals surface area contributed by atoms with Crippen LogP contribution in [0.25, 0.3) is 11.4 Å². The smallest absolute Gasteiger partial charge is 0.319 e. The molecule has 38 heavy (non-hydrogen) atoms. The largest absolute Gasteiger partial charge is 0.480 e. The Morgan fingerprint density at radius 3 is 2.50 bits per heavy atom. The molecule has 0 spiro atoms. The minimum atomic E-state index is -1.51. The zero-order valence-electron chi connectivity index (χ0n) is 20.9. The first kappa shape index (κ1) is 25.2. The lowest BCUT2D eigenvalue weighted by Gasteiger charge is -2.34. The lowest BCUT2D eigenvalue weighted by Crippen LogP contribution is -2.44. The highest BCUT2D eigenvalue weighted by Crippen LogP contribution is 2.47. The van der Waals surface area contributed by atoms with E-state index in [1.807, 2.05) is 18.4 Å². The molecule has 0 saturated heterocycles. The number of nitrogens with one attached hydrogen (secondary N) is 1. The molecule has 2 aromatic carbocycles. The Morgan fingerprint density at radius 2 is 1.87 bits per heavy atom. The molecule has 0 aliphatic carbocycles. The van der Waals surface area contributed by atoms with E-state index in [4.69, 9.17) is 26.1 Å². The van der Waals surface area contributed by atoms with Crippen LogP contribution in [0.5, 0.6) is 11.9 Å². The van der Waals surface area contributed by atoms with Crippen molar-refractivity contribution in [3.63, 3.8) is 0 Å². The van der Waals surface area contributed by atoms with E-state index in [1.54, 1.807) is 36.4 Å². The molecule has 192 valence electrons. The molecule has 0 fully saturated rings. The van der Waals surface area contributed by atoms with Gasteiger partial charge in [-0.15, -0.1) is 0 Å². The van der Waals surface area contributed by atoms with Crippen molar-refractivity contribution in [2.75, 3.05) is 14.2 Å². The van der Waals surface area contributed by atoms with Crippen molar-refractivity contribution >= 4 is 17.5 Å². The molecule has 1 aliphatic heterocycles. The van der Waals surface area contributed by atoms with Gasteiger partial charge in [-0.1, -0.05) is 35.9 Å². The average molecular weight is 533 g/mol. The topological polar surface area (TPSA) is 115 Å². The maximum Gasteiger partial charge on any atom is 0.319 e. The van der Waals surface area contributed by atoms with Gasteiger partial charge in [-0.3, -0.25) is 4.79 Å². The first-order chi connectivity index (χ1) is 18.3. The van der Waals surface area contributed by atoms with Crippen molar-refractivity contribution in [1.82, 2.24) is 24.8 Å². The summed E-state index contributed by atoms with van der Waals surface area (Å²) in [5.74, 6) is -0.631. The predicted octanol–water partition coefficient (Wildman–Crippen LogP) is 4.64. The Hall–Kier alpha value is -4.49. The quantitative estimate of drug-likeness (QED) is 0.384. The number of ether oxygens (including phenoxy) is 2. The number of hydrogen-bond donors (Lipinski definition) is 1. The minimum absolute atomic E-state index is 0.0979. The maximum absolute atomic E-state index is 15.8. The average Bonchev–Trinajstić information content (AvgIpc) is 3.46. The lowest BCUT2D eigenvalue weighted by molar-refractivity contribution is 0.0943. The summed E-state index contributed by atoms with van der Waals surface area (Å²) >= 11 is 6.23. The third kappa shape index (κ3) is 3.66. The Morgan fingerprint density at radius 1 is 1.13 bits per heavy atom. The van der Waals surface area contributed by atoms with Gasteiger partial charge in [0.2, 0.25) is 5.88 Å². The maximum atomic E-state index is 15.8. The molecule has 1 atom stereocenters. The molecule has 11 heteroatoms. The van der Waals surface area contributed by atoms with E-state index in [9.17, 15) is 10.1 Å². The molecule has 1 aliphatic rings. The Labute approximate surface area is 222 Å². The number of nitrogens with zero attached hydrogens (tertiary/aromatic N) is 5. The Kier molecular flexibility index (Phi) is 6.25. The molecular formula is C27H22ClFN6O3.